The average molecular weight is 142 g/mol. The lowest BCUT2D eigenvalue weighted by Crippen LogP contribution is -2.37. The van der Waals surface area contributed by atoms with Crippen LogP contribution in [0.4, 0.5) is 0 Å². The Kier molecular flexibility index (Phi) is 5.47. The van der Waals surface area contributed by atoms with E-state index in [2.05, 4.69) is 10.4 Å². The van der Waals surface area contributed by atoms with E-state index in [1.807, 2.05) is 19.1 Å². The Morgan fingerprint density at radius 3 is 2.90 bits per heavy atom. The second kappa shape index (κ2) is 6.10. The van der Waals surface area contributed by atoms with Gasteiger partial charge in [-0.15, -0.1) is 0 Å². The molecule has 0 aliphatic rings. The number of nitrogens with two attached hydrogens (primary N) is 2. The van der Waals surface area contributed by atoms with Crippen molar-refractivity contribution in [2.45, 2.75) is 13.3 Å². The fraction of sp³-hybridized carbons (Fsp3) is 0.500. The van der Waals surface area contributed by atoms with E-state index in [9.17, 15) is 0 Å². The topological polar surface area (TPSA) is 76.4 Å². The Labute approximate surface area is 61.0 Å². The number of nitrogens with one attached hydrogen (secondary N) is 1. The van der Waals surface area contributed by atoms with Crippen molar-refractivity contribution in [2.24, 2.45) is 16.6 Å². The summed E-state index contributed by atoms with van der Waals surface area (Å²) in [6.07, 6.45) is 4.90. The molecule has 0 radical (unpaired) electrons. The van der Waals surface area contributed by atoms with E-state index >= 15 is 0 Å². The fourth-order valence-corrected chi connectivity index (χ4v) is 0.472. The lowest BCUT2D eigenvalue weighted by molar-refractivity contribution is 0.941. The van der Waals surface area contributed by atoms with Crippen LogP contribution in [-0.4, -0.2) is 12.5 Å². The second-order valence-corrected chi connectivity index (χ2v) is 1.77. The maximum absolute atomic E-state index is 5.24. The molecule has 0 aliphatic carbocycles. The molecule has 0 spiro atoms. The predicted octanol–water partition coefficient (Wildman–Crippen LogP) is -0.269. The van der Waals surface area contributed by atoms with Crippen LogP contribution in [0.2, 0.25) is 0 Å². The quantitative estimate of drug-likeness (QED) is 0.127. The maximum Gasteiger partial charge on any atom is 0.203 e. The molecule has 0 unspecified atom stereocenters. The molecule has 58 valence electrons. The lowest BCUT2D eigenvalue weighted by Gasteiger charge is -1.95. The van der Waals surface area contributed by atoms with Gasteiger partial charge in [0, 0.05) is 6.54 Å². The van der Waals surface area contributed by atoms with Gasteiger partial charge in [-0.1, -0.05) is 12.2 Å². The molecule has 0 aliphatic heterocycles. The van der Waals surface area contributed by atoms with Crippen LogP contribution >= 0.6 is 0 Å². The summed E-state index contributed by atoms with van der Waals surface area (Å²) in [4.78, 5) is 3.89. The second-order valence-electron chi connectivity index (χ2n) is 1.77. The van der Waals surface area contributed by atoms with Gasteiger partial charge >= 0.3 is 0 Å². The Morgan fingerprint density at radius 2 is 2.40 bits per heavy atom. The van der Waals surface area contributed by atoms with Crippen molar-refractivity contribution < 1.29 is 0 Å². The molecule has 0 aromatic rings. The summed E-state index contributed by atoms with van der Waals surface area (Å²) < 4.78 is 0. The van der Waals surface area contributed by atoms with Crippen LogP contribution in [0.1, 0.15) is 13.3 Å². The fourth-order valence-electron chi connectivity index (χ4n) is 0.472. The highest BCUT2D eigenvalue weighted by molar-refractivity contribution is 5.77. The van der Waals surface area contributed by atoms with Crippen LogP contribution in [-0.2, 0) is 0 Å². The van der Waals surface area contributed by atoms with Crippen molar-refractivity contribution in [3.05, 3.63) is 12.2 Å². The predicted molar refractivity (Wildman–Crippen MR) is 43.2 cm³/mol. The van der Waals surface area contributed by atoms with E-state index in [-0.39, 0.29) is 5.96 Å². The van der Waals surface area contributed by atoms with E-state index in [4.69, 9.17) is 11.6 Å². The number of hydrogen-bond donors (Lipinski definition) is 3. The van der Waals surface area contributed by atoms with E-state index in [1.54, 1.807) is 0 Å². The zero-order valence-electron chi connectivity index (χ0n) is 6.17. The number of hydrogen-bond acceptors (Lipinski definition) is 2. The van der Waals surface area contributed by atoms with Gasteiger partial charge in [-0.3, -0.25) is 10.4 Å². The minimum atomic E-state index is 0.282. The van der Waals surface area contributed by atoms with Crippen LogP contribution in [0.3, 0.4) is 0 Å². The third-order valence-corrected chi connectivity index (χ3v) is 0.961. The molecule has 0 aromatic heterocycles. The molecule has 10 heavy (non-hydrogen) atoms. The first kappa shape index (κ1) is 8.97. The summed E-state index contributed by atoms with van der Waals surface area (Å²) in [5.74, 6) is 5.24. The Bertz CT molecular complexity index is 128. The van der Waals surface area contributed by atoms with Crippen molar-refractivity contribution in [1.29, 1.82) is 0 Å². The van der Waals surface area contributed by atoms with Crippen molar-refractivity contribution in [2.75, 3.05) is 6.54 Å². The van der Waals surface area contributed by atoms with Crippen LogP contribution in [0.25, 0.3) is 0 Å². The van der Waals surface area contributed by atoms with E-state index in [0.29, 0.717) is 6.54 Å². The van der Waals surface area contributed by atoms with Crippen LogP contribution in [0.5, 0.6) is 0 Å². The van der Waals surface area contributed by atoms with Crippen molar-refractivity contribution >= 4 is 5.96 Å². The zero-order chi connectivity index (χ0) is 7.82. The highest BCUT2D eigenvalue weighted by atomic mass is 15.3. The summed E-state index contributed by atoms with van der Waals surface area (Å²) in [5, 5.41) is 0. The summed E-state index contributed by atoms with van der Waals surface area (Å²) in [6.45, 7) is 2.65. The maximum atomic E-state index is 5.24. The first-order valence-electron chi connectivity index (χ1n) is 3.19. The van der Waals surface area contributed by atoms with Crippen LogP contribution in [0.15, 0.2) is 17.1 Å². The third kappa shape index (κ3) is 5.11. The largest absolute Gasteiger partial charge is 0.369 e. The minimum Gasteiger partial charge on any atom is -0.369 e. The van der Waals surface area contributed by atoms with Crippen molar-refractivity contribution in [1.82, 2.24) is 5.43 Å². The molecule has 0 atom stereocenters. The van der Waals surface area contributed by atoms with Gasteiger partial charge in [0.1, 0.15) is 0 Å². The molecule has 0 aromatic carbocycles. The summed E-state index contributed by atoms with van der Waals surface area (Å²) in [7, 11) is 0. The van der Waals surface area contributed by atoms with Crippen molar-refractivity contribution in [3.8, 4) is 0 Å². The van der Waals surface area contributed by atoms with Gasteiger partial charge in [0.05, 0.1) is 0 Å². The lowest BCUT2D eigenvalue weighted by atomic mass is 10.4. The smallest absolute Gasteiger partial charge is 0.203 e. The normalized spacial score (nSPS) is 12.4. The Morgan fingerprint density at radius 1 is 1.70 bits per heavy atom. The monoisotopic (exact) mass is 142 g/mol. The SMILES string of the molecule is C/C=C/CCN=C(N)NN. The van der Waals surface area contributed by atoms with E-state index in [0.717, 1.165) is 6.42 Å². The molecule has 0 fully saturated rings. The molecule has 0 bridgehead atoms. The number of rotatable bonds is 3. The van der Waals surface area contributed by atoms with Gasteiger partial charge in [-0.25, -0.2) is 5.84 Å². The first-order valence-corrected chi connectivity index (χ1v) is 3.19. The average Bonchev–Trinajstić information content (AvgIpc) is 1.98. The summed E-state index contributed by atoms with van der Waals surface area (Å²) >= 11 is 0. The Balaban J connectivity index is 3.33. The molecule has 0 saturated carbocycles. The van der Waals surface area contributed by atoms with E-state index < -0.39 is 0 Å². The molecule has 4 nitrogen and oxygen atoms in total. The number of hydrazine groups is 1. The molecular weight excluding hydrogens is 128 g/mol. The van der Waals surface area contributed by atoms with E-state index in [1.165, 1.54) is 0 Å². The molecule has 0 rings (SSSR count). The van der Waals surface area contributed by atoms with Gasteiger partial charge in [0.25, 0.3) is 0 Å². The number of aliphatic imine (C=N–C) groups is 1. The van der Waals surface area contributed by atoms with Crippen molar-refractivity contribution in [3.63, 3.8) is 0 Å². The number of nitrogens with zero attached hydrogens (tertiary/aromatic N) is 1. The van der Waals surface area contributed by atoms with Gasteiger partial charge in [-0.2, -0.15) is 0 Å². The van der Waals surface area contributed by atoms with Gasteiger partial charge < -0.3 is 5.73 Å². The minimum absolute atomic E-state index is 0.282. The van der Waals surface area contributed by atoms with Crippen LogP contribution in [0, 0.1) is 0 Å². The molecular formula is C6H14N4. The van der Waals surface area contributed by atoms with Crippen LogP contribution < -0.4 is 17.0 Å². The molecule has 0 heterocycles. The van der Waals surface area contributed by atoms with Gasteiger partial charge in [-0.05, 0) is 13.3 Å². The third-order valence-electron chi connectivity index (χ3n) is 0.961. The van der Waals surface area contributed by atoms with Gasteiger partial charge in [0.15, 0.2) is 0 Å². The standard InChI is InChI=1S/C6H14N4/c1-2-3-4-5-9-6(7)10-8/h2-3H,4-5,8H2,1H3,(H3,7,9,10)/b3-2+. The first-order chi connectivity index (χ1) is 4.81. The number of guanidine groups is 1. The summed E-state index contributed by atoms with van der Waals surface area (Å²) in [5.41, 5.74) is 7.49. The molecule has 5 N–H and O–H groups in total. The molecule has 0 saturated heterocycles. The number of allylic oxidation sites excluding steroid dienone is 1. The Hall–Kier alpha value is -1.03. The van der Waals surface area contributed by atoms with Gasteiger partial charge in [0.2, 0.25) is 5.96 Å². The zero-order valence-corrected chi connectivity index (χ0v) is 6.17. The highest BCUT2D eigenvalue weighted by Crippen LogP contribution is 1.82. The summed E-state index contributed by atoms with van der Waals surface area (Å²) in [6, 6.07) is 0. The molecule has 4 heteroatoms. The molecule has 0 amide bonds. The highest BCUT2D eigenvalue weighted by Gasteiger charge is 1.81.